The van der Waals surface area contributed by atoms with Crippen LogP contribution in [0.15, 0.2) is 21.1 Å². The first-order valence-electron chi connectivity index (χ1n) is 3.90. The van der Waals surface area contributed by atoms with E-state index in [2.05, 4.69) is 31.9 Å². The van der Waals surface area contributed by atoms with E-state index in [1.54, 1.807) is 0 Å². The van der Waals surface area contributed by atoms with Crippen LogP contribution in [0.2, 0.25) is 0 Å². The first-order valence-corrected chi connectivity index (χ1v) is 6.62. The summed E-state index contributed by atoms with van der Waals surface area (Å²) in [4.78, 5) is 10.1. The molecule has 0 amide bonds. The second kappa shape index (κ2) is 5.40. The quantitative estimate of drug-likeness (QED) is 0.388. The topological polar surface area (TPSA) is 43.1 Å². The predicted octanol–water partition coefficient (Wildman–Crippen LogP) is 5.03. The average molecular weight is 412 g/mol. The number of halogens is 5. The van der Waals surface area contributed by atoms with E-state index in [1.807, 2.05) is 0 Å². The minimum atomic E-state index is -1.44. The lowest BCUT2D eigenvalue weighted by molar-refractivity contribution is -0.385. The van der Waals surface area contributed by atoms with E-state index in [9.17, 15) is 10.1 Å². The molecule has 1 rings (SSSR count). The fourth-order valence-electron chi connectivity index (χ4n) is 1.06. The van der Waals surface area contributed by atoms with E-state index in [-0.39, 0.29) is 12.1 Å². The van der Waals surface area contributed by atoms with Crippen molar-refractivity contribution in [2.24, 2.45) is 0 Å². The van der Waals surface area contributed by atoms with Crippen LogP contribution in [0.1, 0.15) is 5.56 Å². The number of benzene rings is 1. The molecule has 0 spiro atoms. The summed E-state index contributed by atoms with van der Waals surface area (Å²) in [5, 5.41) is 10.6. The highest BCUT2D eigenvalue weighted by molar-refractivity contribution is 9.11. The van der Waals surface area contributed by atoms with Gasteiger partial charge in [0.25, 0.3) is 5.69 Å². The molecule has 0 heterocycles. The van der Waals surface area contributed by atoms with Gasteiger partial charge in [0.2, 0.25) is 0 Å². The van der Waals surface area contributed by atoms with Crippen molar-refractivity contribution in [1.29, 1.82) is 0 Å². The molecule has 3 nitrogen and oxygen atoms in total. The summed E-state index contributed by atoms with van der Waals surface area (Å²) in [5.74, 6) is 0. The molecular formula is C8H4Br2Cl3NO2. The summed E-state index contributed by atoms with van der Waals surface area (Å²) in [7, 11) is 0. The van der Waals surface area contributed by atoms with E-state index < -0.39 is 8.72 Å². The molecule has 0 radical (unpaired) electrons. The smallest absolute Gasteiger partial charge is 0.258 e. The highest BCUT2D eigenvalue weighted by atomic mass is 79.9. The van der Waals surface area contributed by atoms with Crippen molar-refractivity contribution in [3.63, 3.8) is 0 Å². The molecule has 88 valence electrons. The van der Waals surface area contributed by atoms with Crippen molar-refractivity contribution in [3.05, 3.63) is 36.8 Å². The van der Waals surface area contributed by atoms with Crippen molar-refractivity contribution in [2.45, 2.75) is 10.2 Å². The third-order valence-corrected chi connectivity index (χ3v) is 3.53. The molecular weight excluding hydrogens is 408 g/mol. The summed E-state index contributed by atoms with van der Waals surface area (Å²) in [6.45, 7) is 0. The normalized spacial score (nSPS) is 11.6. The van der Waals surface area contributed by atoms with Crippen LogP contribution in [0.25, 0.3) is 0 Å². The number of nitro benzene ring substituents is 1. The molecule has 0 atom stereocenters. The molecule has 0 aliphatic carbocycles. The molecule has 1 aromatic carbocycles. The molecule has 0 N–H and O–H groups in total. The van der Waals surface area contributed by atoms with Gasteiger partial charge in [-0.2, -0.15) is 0 Å². The number of nitrogens with zero attached hydrogens (tertiary/aromatic N) is 1. The Morgan fingerprint density at radius 2 is 1.69 bits per heavy atom. The summed E-state index contributed by atoms with van der Waals surface area (Å²) in [6, 6.07) is 2.74. The molecule has 8 heteroatoms. The number of non-ortho nitro benzene ring substituents is 1. The highest BCUT2D eigenvalue weighted by Crippen LogP contribution is 2.38. The average Bonchev–Trinajstić information content (AvgIpc) is 2.09. The molecule has 0 aromatic heterocycles. The molecule has 0 aliphatic rings. The number of nitro groups is 1. The van der Waals surface area contributed by atoms with Gasteiger partial charge < -0.3 is 0 Å². The molecule has 16 heavy (non-hydrogen) atoms. The standard InChI is InChI=1S/C8H4Br2Cl3NO2/c9-6-1-4(14(15)16)2-7(10)5(6)3-8(11,12)13/h1-2H,3H2. The molecule has 0 unspecified atom stereocenters. The summed E-state index contributed by atoms with van der Waals surface area (Å²) in [5.41, 5.74) is 0.636. The summed E-state index contributed by atoms with van der Waals surface area (Å²) >= 11 is 23.4. The van der Waals surface area contributed by atoms with Crippen LogP contribution >= 0.6 is 66.7 Å². The second-order valence-electron chi connectivity index (χ2n) is 2.94. The van der Waals surface area contributed by atoms with Crippen molar-refractivity contribution in [1.82, 2.24) is 0 Å². The van der Waals surface area contributed by atoms with E-state index >= 15 is 0 Å². The van der Waals surface area contributed by atoms with Gasteiger partial charge in [0.05, 0.1) is 4.92 Å². The first kappa shape index (κ1) is 14.5. The molecule has 1 aromatic rings. The van der Waals surface area contributed by atoms with Crippen molar-refractivity contribution < 1.29 is 4.92 Å². The molecule has 0 aliphatic heterocycles. The van der Waals surface area contributed by atoms with Crippen molar-refractivity contribution >= 4 is 72.4 Å². The largest absolute Gasteiger partial charge is 0.271 e. The van der Waals surface area contributed by atoms with Crippen LogP contribution in [0, 0.1) is 10.1 Å². The Kier molecular flexibility index (Phi) is 4.89. The van der Waals surface area contributed by atoms with Crippen LogP contribution in [-0.4, -0.2) is 8.72 Å². The minimum absolute atomic E-state index is 0.0354. The van der Waals surface area contributed by atoms with Gasteiger partial charge >= 0.3 is 0 Å². The Balaban J connectivity index is 3.18. The van der Waals surface area contributed by atoms with Crippen LogP contribution in [-0.2, 0) is 6.42 Å². The second-order valence-corrected chi connectivity index (χ2v) is 7.16. The van der Waals surface area contributed by atoms with E-state index in [1.165, 1.54) is 12.1 Å². The van der Waals surface area contributed by atoms with Gasteiger partial charge in [0.1, 0.15) is 0 Å². The minimum Gasteiger partial charge on any atom is -0.258 e. The maximum Gasteiger partial charge on any atom is 0.271 e. The van der Waals surface area contributed by atoms with Crippen LogP contribution in [0.4, 0.5) is 5.69 Å². The van der Waals surface area contributed by atoms with E-state index in [0.717, 1.165) is 0 Å². The number of rotatable bonds is 2. The monoisotopic (exact) mass is 409 g/mol. The lowest BCUT2D eigenvalue weighted by Gasteiger charge is -2.13. The fourth-order valence-corrected chi connectivity index (χ4v) is 2.91. The van der Waals surface area contributed by atoms with Crippen molar-refractivity contribution in [3.8, 4) is 0 Å². The number of hydrogen-bond donors (Lipinski definition) is 0. The van der Waals surface area contributed by atoms with Gasteiger partial charge in [-0.25, -0.2) is 0 Å². The molecule has 0 bridgehead atoms. The Hall–Kier alpha value is 0.450. The van der Waals surface area contributed by atoms with Gasteiger partial charge in [-0.3, -0.25) is 10.1 Å². The Morgan fingerprint density at radius 3 is 2.00 bits per heavy atom. The van der Waals surface area contributed by atoms with Crippen LogP contribution < -0.4 is 0 Å². The van der Waals surface area contributed by atoms with Gasteiger partial charge in [-0.15, -0.1) is 0 Å². The zero-order chi connectivity index (χ0) is 12.5. The molecule has 0 saturated carbocycles. The number of alkyl halides is 3. The fraction of sp³-hybridized carbons (Fsp3) is 0.250. The molecule has 0 fully saturated rings. The lowest BCUT2D eigenvalue weighted by atomic mass is 10.1. The Morgan fingerprint density at radius 1 is 1.25 bits per heavy atom. The van der Waals surface area contributed by atoms with Gasteiger partial charge in [0, 0.05) is 27.5 Å². The first-order chi connectivity index (χ1) is 7.20. The maximum atomic E-state index is 10.6. The summed E-state index contributed by atoms with van der Waals surface area (Å²) in [6.07, 6.45) is 0.150. The predicted molar refractivity (Wildman–Crippen MR) is 72.5 cm³/mol. The van der Waals surface area contributed by atoms with E-state index in [0.29, 0.717) is 14.5 Å². The maximum absolute atomic E-state index is 10.6. The Labute approximate surface area is 123 Å². The zero-order valence-electron chi connectivity index (χ0n) is 7.52. The van der Waals surface area contributed by atoms with Crippen molar-refractivity contribution in [2.75, 3.05) is 0 Å². The van der Waals surface area contributed by atoms with Crippen LogP contribution in [0.3, 0.4) is 0 Å². The third kappa shape index (κ3) is 4.04. The molecule has 0 saturated heterocycles. The Bertz CT molecular complexity index is 411. The van der Waals surface area contributed by atoms with Crippen LogP contribution in [0.5, 0.6) is 0 Å². The number of hydrogen-bond acceptors (Lipinski definition) is 2. The third-order valence-electron chi connectivity index (χ3n) is 1.71. The highest BCUT2D eigenvalue weighted by Gasteiger charge is 2.24. The lowest BCUT2D eigenvalue weighted by Crippen LogP contribution is -2.08. The summed E-state index contributed by atoms with van der Waals surface area (Å²) < 4.78 is -0.388. The van der Waals surface area contributed by atoms with Gasteiger partial charge in [-0.1, -0.05) is 66.7 Å². The van der Waals surface area contributed by atoms with E-state index in [4.69, 9.17) is 34.8 Å². The van der Waals surface area contributed by atoms with Gasteiger partial charge in [0.15, 0.2) is 3.79 Å². The zero-order valence-corrected chi connectivity index (χ0v) is 13.0. The van der Waals surface area contributed by atoms with Gasteiger partial charge in [-0.05, 0) is 5.56 Å². The SMILES string of the molecule is O=[N+]([O-])c1cc(Br)c(CC(Cl)(Cl)Cl)c(Br)c1.